The Balaban J connectivity index is 2.13. The van der Waals surface area contributed by atoms with E-state index in [1.54, 1.807) is 13.8 Å². The number of nitrogens with zero attached hydrogens (tertiary/aromatic N) is 1. The smallest absolute Gasteiger partial charge is 0.347 e. The maximum absolute atomic E-state index is 13.2. The van der Waals surface area contributed by atoms with E-state index in [2.05, 4.69) is 4.98 Å². The molecule has 0 aliphatic heterocycles. The first-order valence-electron chi connectivity index (χ1n) is 9.49. The number of nitrogens with one attached hydrogen (secondary N) is 1. The predicted molar refractivity (Wildman–Crippen MR) is 121 cm³/mol. The van der Waals surface area contributed by atoms with Crippen molar-refractivity contribution in [3.63, 3.8) is 0 Å². The van der Waals surface area contributed by atoms with Gasteiger partial charge in [-0.25, -0.2) is 4.79 Å². The number of hydrogen-bond donors (Lipinski definition) is 1. The number of alkyl halides is 1. The molecule has 0 spiro atoms. The highest BCUT2D eigenvalue weighted by Crippen LogP contribution is 2.59. The lowest BCUT2D eigenvalue weighted by Crippen LogP contribution is -2.37. The predicted octanol–water partition coefficient (Wildman–Crippen LogP) is 3.30. The minimum absolute atomic E-state index is 0.126. The second-order valence-electron chi connectivity index (χ2n) is 6.06. The summed E-state index contributed by atoms with van der Waals surface area (Å²) in [5, 5.41) is 0. The van der Waals surface area contributed by atoms with Gasteiger partial charge in [-0.2, -0.15) is 0 Å². The number of benzene rings is 1. The Labute approximate surface area is 188 Å². The van der Waals surface area contributed by atoms with Crippen molar-refractivity contribution in [3.8, 4) is 0 Å². The van der Waals surface area contributed by atoms with Crippen LogP contribution in [-0.2, 0) is 29.7 Å². The molecule has 0 unspecified atom stereocenters. The third kappa shape index (κ3) is 7.14. The maximum Gasteiger partial charge on any atom is 0.347 e. The van der Waals surface area contributed by atoms with E-state index in [1.807, 2.05) is 52.9 Å². The van der Waals surface area contributed by atoms with E-state index in [9.17, 15) is 14.2 Å². The molecule has 0 radical (unpaired) electrons. The van der Waals surface area contributed by atoms with Gasteiger partial charge >= 0.3 is 13.3 Å². The molecule has 0 amide bonds. The Morgan fingerprint density at radius 3 is 2.33 bits per heavy atom. The van der Waals surface area contributed by atoms with Crippen molar-refractivity contribution in [1.29, 1.82) is 0 Å². The third-order valence-corrected chi connectivity index (χ3v) is 8.67. The first-order valence-corrected chi connectivity index (χ1v) is 12.3. The molecule has 0 saturated carbocycles. The summed E-state index contributed by atoms with van der Waals surface area (Å²) in [5.41, 5.74) is -0.196. The van der Waals surface area contributed by atoms with Crippen LogP contribution in [-0.4, -0.2) is 39.6 Å². The van der Waals surface area contributed by atoms with Crippen LogP contribution >= 0.6 is 30.2 Å². The fourth-order valence-corrected chi connectivity index (χ4v) is 5.75. The summed E-state index contributed by atoms with van der Waals surface area (Å²) in [7, 11) is -3.60. The zero-order chi connectivity index (χ0) is 22.0. The van der Waals surface area contributed by atoms with Crippen LogP contribution in [0.5, 0.6) is 0 Å². The second kappa shape index (κ2) is 12.5. The van der Waals surface area contributed by atoms with Crippen molar-refractivity contribution in [2.75, 3.05) is 26.4 Å². The van der Waals surface area contributed by atoms with Crippen LogP contribution in [0.15, 0.2) is 52.2 Å². The van der Waals surface area contributed by atoms with E-state index in [1.165, 1.54) is 16.8 Å². The summed E-state index contributed by atoms with van der Waals surface area (Å²) in [4.78, 5) is 25.9. The summed E-state index contributed by atoms with van der Waals surface area (Å²) < 4.78 is 35.9. The number of aromatic amines is 1. The highest BCUT2D eigenvalue weighted by molar-refractivity contribution is 14.1. The van der Waals surface area contributed by atoms with Gasteiger partial charge in [0.25, 0.3) is 5.56 Å². The van der Waals surface area contributed by atoms with Crippen LogP contribution in [0.4, 0.5) is 0 Å². The molecule has 2 rings (SSSR count). The monoisotopic (exact) mass is 552 g/mol. The molecule has 0 saturated heterocycles. The molecular formula is C19H26IN2O7P. The topological polar surface area (TPSA) is 109 Å². The van der Waals surface area contributed by atoms with Crippen LogP contribution in [0.25, 0.3) is 0 Å². The first-order chi connectivity index (χ1) is 14.4. The van der Waals surface area contributed by atoms with E-state index < -0.39 is 28.7 Å². The largest absolute Gasteiger partial charge is 0.374 e. The quantitative estimate of drug-likeness (QED) is 0.176. The van der Waals surface area contributed by atoms with E-state index >= 15 is 0 Å². The minimum atomic E-state index is -3.60. The van der Waals surface area contributed by atoms with Crippen molar-refractivity contribution in [2.45, 2.75) is 30.3 Å². The van der Waals surface area contributed by atoms with Gasteiger partial charge in [0.15, 0.2) is 9.89 Å². The molecule has 0 bridgehead atoms. The van der Waals surface area contributed by atoms with Crippen LogP contribution < -0.4 is 11.2 Å². The number of halogens is 1. The molecule has 166 valence electrons. The Kier molecular flexibility index (Phi) is 10.4. The Hall–Kier alpha value is -1.30. The first kappa shape index (κ1) is 25.0. The van der Waals surface area contributed by atoms with Gasteiger partial charge in [-0.1, -0.05) is 52.9 Å². The van der Waals surface area contributed by atoms with Gasteiger partial charge < -0.3 is 18.5 Å². The summed E-state index contributed by atoms with van der Waals surface area (Å²) in [6.45, 7) is 4.54. The molecule has 0 aliphatic carbocycles. The second-order valence-corrected chi connectivity index (χ2v) is 10.5. The third-order valence-electron chi connectivity index (χ3n) is 3.91. The molecule has 1 aromatic heterocycles. The lowest BCUT2D eigenvalue weighted by Gasteiger charge is -2.29. The number of aromatic nitrogens is 2. The normalized spacial score (nSPS) is 13.8. The number of ether oxygens (including phenoxy) is 2. The fourth-order valence-electron chi connectivity index (χ4n) is 2.61. The van der Waals surface area contributed by atoms with Gasteiger partial charge in [0.2, 0.25) is 0 Å². The van der Waals surface area contributed by atoms with Gasteiger partial charge in [-0.15, -0.1) is 0 Å². The molecule has 11 heteroatoms. The van der Waals surface area contributed by atoms with E-state index in [0.29, 0.717) is 6.61 Å². The van der Waals surface area contributed by atoms with E-state index in [-0.39, 0.29) is 26.4 Å². The van der Waals surface area contributed by atoms with Gasteiger partial charge in [0.1, 0.15) is 0 Å². The molecule has 1 aromatic carbocycles. The Bertz CT molecular complexity index is 924. The summed E-state index contributed by atoms with van der Waals surface area (Å²) in [6.07, 6.45) is 0.295. The zero-order valence-electron chi connectivity index (χ0n) is 16.9. The number of rotatable bonds is 13. The van der Waals surface area contributed by atoms with Crippen molar-refractivity contribution < 1.29 is 23.1 Å². The van der Waals surface area contributed by atoms with Gasteiger partial charge in [-0.3, -0.25) is 18.9 Å². The van der Waals surface area contributed by atoms with Crippen LogP contribution in [0.3, 0.4) is 0 Å². The van der Waals surface area contributed by atoms with Crippen LogP contribution in [0.1, 0.15) is 25.6 Å². The van der Waals surface area contributed by atoms with Gasteiger partial charge in [0, 0.05) is 12.3 Å². The molecule has 0 aliphatic rings. The van der Waals surface area contributed by atoms with Gasteiger partial charge in [-0.05, 0) is 19.4 Å². The average molecular weight is 552 g/mol. The van der Waals surface area contributed by atoms with Crippen molar-refractivity contribution in [1.82, 2.24) is 9.55 Å². The van der Waals surface area contributed by atoms with Crippen LogP contribution in [0, 0.1) is 0 Å². The molecule has 1 heterocycles. The number of hydrogen-bond acceptors (Lipinski definition) is 7. The zero-order valence-corrected chi connectivity index (χ0v) is 19.9. The summed E-state index contributed by atoms with van der Waals surface area (Å²) in [6, 6.07) is 10.9. The fraction of sp³-hybridized carbons (Fsp3) is 0.474. The van der Waals surface area contributed by atoms with E-state index in [0.717, 1.165) is 5.56 Å². The standard InChI is InChI=1S/C19H26IN2O7P/c1-3-28-30(25,29-4-2)17(20)18(22-11-10-16(23)21-19(22)24)27-13-12-26-14-15-8-6-5-7-9-15/h5-11,17-18H,3-4,12-14H2,1-2H3,(H,21,23,24)/t17-,18+/m1/s1. The van der Waals surface area contributed by atoms with E-state index in [4.69, 9.17) is 18.5 Å². The lowest BCUT2D eigenvalue weighted by atomic mass is 10.2. The van der Waals surface area contributed by atoms with Gasteiger partial charge in [0.05, 0.1) is 33.0 Å². The van der Waals surface area contributed by atoms with Crippen molar-refractivity contribution in [3.05, 3.63) is 69.0 Å². The average Bonchev–Trinajstić information content (AvgIpc) is 2.72. The minimum Gasteiger partial charge on any atom is -0.374 e. The number of H-pyrrole nitrogens is 1. The SMILES string of the molecule is CCOP(=O)(OCC)[C@@H](I)[C@H](OCCOCc1ccccc1)n1ccc(=O)[nH]c1=O. The van der Waals surface area contributed by atoms with Crippen molar-refractivity contribution in [2.24, 2.45) is 0 Å². The molecule has 2 atom stereocenters. The molecule has 30 heavy (non-hydrogen) atoms. The highest BCUT2D eigenvalue weighted by atomic mass is 127. The molecule has 2 aromatic rings. The molecule has 1 N–H and O–H groups in total. The van der Waals surface area contributed by atoms with Crippen LogP contribution in [0.2, 0.25) is 0 Å². The lowest BCUT2D eigenvalue weighted by molar-refractivity contribution is -0.0292. The Morgan fingerprint density at radius 1 is 1.07 bits per heavy atom. The molecule has 9 nitrogen and oxygen atoms in total. The molecular weight excluding hydrogens is 526 g/mol. The van der Waals surface area contributed by atoms with Crippen molar-refractivity contribution >= 4 is 30.2 Å². The Morgan fingerprint density at radius 2 is 1.73 bits per heavy atom. The maximum atomic E-state index is 13.2. The highest BCUT2D eigenvalue weighted by Gasteiger charge is 2.41. The summed E-state index contributed by atoms with van der Waals surface area (Å²) in [5.74, 6) is 0. The molecule has 0 fully saturated rings. The summed E-state index contributed by atoms with van der Waals surface area (Å²) >= 11 is 1.90.